The van der Waals surface area contributed by atoms with Gasteiger partial charge in [-0.15, -0.1) is 11.3 Å². The van der Waals surface area contributed by atoms with Crippen molar-refractivity contribution in [1.29, 1.82) is 0 Å². The number of hydrogen-bond donors (Lipinski definition) is 3. The first-order valence-electron chi connectivity index (χ1n) is 5.33. The maximum atomic E-state index is 11.7. The van der Waals surface area contributed by atoms with Gasteiger partial charge in [0.05, 0.1) is 11.4 Å². The Labute approximate surface area is 104 Å². The van der Waals surface area contributed by atoms with E-state index < -0.39 is 0 Å². The summed E-state index contributed by atoms with van der Waals surface area (Å²) in [6, 6.07) is 1.69. The van der Waals surface area contributed by atoms with E-state index in [2.05, 4.69) is 10.6 Å². The van der Waals surface area contributed by atoms with Crippen molar-refractivity contribution in [2.24, 2.45) is 0 Å². The first-order chi connectivity index (χ1) is 7.90. The molecule has 0 aliphatic rings. The van der Waals surface area contributed by atoms with Crippen LogP contribution in [0, 0.1) is 6.92 Å². The van der Waals surface area contributed by atoms with Gasteiger partial charge in [-0.3, -0.25) is 9.59 Å². The van der Waals surface area contributed by atoms with Gasteiger partial charge in [0, 0.05) is 16.6 Å². The zero-order valence-electron chi connectivity index (χ0n) is 10.2. The second kappa shape index (κ2) is 5.67. The minimum absolute atomic E-state index is 0.0200. The van der Waals surface area contributed by atoms with E-state index in [1.165, 1.54) is 11.3 Å². The molecule has 0 aliphatic heterocycles. The van der Waals surface area contributed by atoms with Crippen LogP contribution >= 0.6 is 11.3 Å². The van der Waals surface area contributed by atoms with E-state index >= 15 is 0 Å². The largest absolute Gasteiger partial charge is 0.398 e. The molecule has 0 saturated heterocycles. The Balaban J connectivity index is 2.47. The Kier molecular flexibility index (Phi) is 4.51. The lowest BCUT2D eigenvalue weighted by Crippen LogP contribution is -2.39. The van der Waals surface area contributed by atoms with E-state index in [1.807, 2.05) is 20.8 Å². The predicted octanol–water partition coefficient (Wildman–Crippen LogP) is 0.893. The SMILES string of the molecule is Cc1sc(C(=O)NCC(=O)NC(C)C)cc1N. The van der Waals surface area contributed by atoms with Gasteiger partial charge in [0.15, 0.2) is 0 Å². The number of nitrogens with one attached hydrogen (secondary N) is 2. The van der Waals surface area contributed by atoms with Crippen LogP contribution in [-0.2, 0) is 4.79 Å². The van der Waals surface area contributed by atoms with Crippen molar-refractivity contribution in [3.63, 3.8) is 0 Å². The highest BCUT2D eigenvalue weighted by Gasteiger charge is 2.12. The smallest absolute Gasteiger partial charge is 0.261 e. The van der Waals surface area contributed by atoms with Gasteiger partial charge in [-0.25, -0.2) is 0 Å². The van der Waals surface area contributed by atoms with Crippen molar-refractivity contribution < 1.29 is 9.59 Å². The molecule has 1 rings (SSSR count). The van der Waals surface area contributed by atoms with Crippen LogP contribution in [0.3, 0.4) is 0 Å². The molecule has 6 heteroatoms. The number of carbonyl (C=O) groups excluding carboxylic acids is 2. The molecular weight excluding hydrogens is 238 g/mol. The van der Waals surface area contributed by atoms with E-state index in [1.54, 1.807) is 6.07 Å². The number of nitrogen functional groups attached to an aromatic ring is 1. The van der Waals surface area contributed by atoms with Gasteiger partial charge >= 0.3 is 0 Å². The van der Waals surface area contributed by atoms with Gasteiger partial charge in [0.2, 0.25) is 5.91 Å². The molecule has 0 spiro atoms. The molecule has 4 N–H and O–H groups in total. The summed E-state index contributed by atoms with van der Waals surface area (Å²) in [5.41, 5.74) is 6.25. The number of aryl methyl sites for hydroxylation is 1. The molecule has 0 saturated carbocycles. The molecule has 0 fully saturated rings. The van der Waals surface area contributed by atoms with E-state index in [-0.39, 0.29) is 24.4 Å². The minimum atomic E-state index is -0.270. The lowest BCUT2D eigenvalue weighted by molar-refractivity contribution is -0.120. The molecule has 1 aromatic heterocycles. The van der Waals surface area contributed by atoms with E-state index in [0.29, 0.717) is 10.6 Å². The highest BCUT2D eigenvalue weighted by molar-refractivity contribution is 7.14. The Morgan fingerprint density at radius 2 is 2.12 bits per heavy atom. The van der Waals surface area contributed by atoms with Gasteiger partial charge in [-0.1, -0.05) is 0 Å². The Morgan fingerprint density at radius 1 is 1.47 bits per heavy atom. The van der Waals surface area contributed by atoms with Crippen LogP contribution in [0.2, 0.25) is 0 Å². The third-order valence-electron chi connectivity index (χ3n) is 2.04. The summed E-state index contributed by atoms with van der Waals surface area (Å²) in [5, 5.41) is 5.24. The lowest BCUT2D eigenvalue weighted by Gasteiger charge is -2.08. The molecule has 2 amide bonds. The number of amides is 2. The van der Waals surface area contributed by atoms with Crippen molar-refractivity contribution >= 4 is 28.8 Å². The van der Waals surface area contributed by atoms with E-state index in [4.69, 9.17) is 5.73 Å². The monoisotopic (exact) mass is 255 g/mol. The van der Waals surface area contributed by atoms with Crippen LogP contribution in [0.1, 0.15) is 28.4 Å². The summed E-state index contributed by atoms with van der Waals surface area (Å²) >= 11 is 1.32. The molecule has 1 heterocycles. The fourth-order valence-electron chi connectivity index (χ4n) is 1.23. The zero-order valence-corrected chi connectivity index (χ0v) is 11.0. The average molecular weight is 255 g/mol. The van der Waals surface area contributed by atoms with Crippen LogP contribution in [0.15, 0.2) is 6.07 Å². The molecular formula is C11H17N3O2S. The van der Waals surface area contributed by atoms with Gasteiger partial charge in [0.1, 0.15) is 0 Å². The van der Waals surface area contributed by atoms with Crippen LogP contribution in [0.4, 0.5) is 5.69 Å². The van der Waals surface area contributed by atoms with Gasteiger partial charge in [-0.05, 0) is 26.8 Å². The number of rotatable bonds is 4. The summed E-state index contributed by atoms with van der Waals surface area (Å²) in [6.45, 7) is 5.56. The second-order valence-electron chi connectivity index (χ2n) is 4.03. The van der Waals surface area contributed by atoms with Crippen molar-refractivity contribution in [2.75, 3.05) is 12.3 Å². The molecule has 0 atom stereocenters. The fourth-order valence-corrected chi connectivity index (χ4v) is 2.09. The molecule has 0 aromatic carbocycles. The second-order valence-corrected chi connectivity index (χ2v) is 5.28. The number of anilines is 1. The molecule has 5 nitrogen and oxygen atoms in total. The Morgan fingerprint density at radius 3 is 2.59 bits per heavy atom. The predicted molar refractivity (Wildman–Crippen MR) is 69.1 cm³/mol. The highest BCUT2D eigenvalue weighted by atomic mass is 32.1. The Bertz CT molecular complexity index is 407. The summed E-state index contributed by atoms with van der Waals surface area (Å²) < 4.78 is 0. The number of carbonyl (C=O) groups is 2. The maximum Gasteiger partial charge on any atom is 0.261 e. The Hall–Kier alpha value is -1.56. The van der Waals surface area contributed by atoms with Gasteiger partial charge in [0.25, 0.3) is 5.91 Å². The number of thiophene rings is 1. The molecule has 0 unspecified atom stereocenters. The first kappa shape index (κ1) is 13.5. The van der Waals surface area contributed by atoms with Crippen molar-refractivity contribution in [3.8, 4) is 0 Å². The molecule has 0 aliphatic carbocycles. The molecule has 1 aromatic rings. The van der Waals surface area contributed by atoms with Crippen molar-refractivity contribution in [1.82, 2.24) is 10.6 Å². The highest BCUT2D eigenvalue weighted by Crippen LogP contribution is 2.22. The summed E-state index contributed by atoms with van der Waals surface area (Å²) in [4.78, 5) is 24.4. The maximum absolute atomic E-state index is 11.7. The van der Waals surface area contributed by atoms with Gasteiger partial charge in [-0.2, -0.15) is 0 Å². The van der Waals surface area contributed by atoms with Crippen LogP contribution in [0.5, 0.6) is 0 Å². The standard InChI is InChI=1S/C11H17N3O2S/c1-6(2)14-10(15)5-13-11(16)9-4-8(12)7(3)17-9/h4,6H,5,12H2,1-3H3,(H,13,16)(H,14,15). The lowest BCUT2D eigenvalue weighted by atomic mass is 10.3. The van der Waals surface area contributed by atoms with Gasteiger partial charge < -0.3 is 16.4 Å². The average Bonchev–Trinajstić information content (AvgIpc) is 2.55. The summed E-state index contributed by atoms with van der Waals surface area (Å²) in [6.07, 6.45) is 0. The number of nitrogens with two attached hydrogens (primary N) is 1. The molecule has 17 heavy (non-hydrogen) atoms. The molecule has 0 bridgehead atoms. The van der Waals surface area contributed by atoms with E-state index in [9.17, 15) is 9.59 Å². The minimum Gasteiger partial charge on any atom is -0.398 e. The zero-order chi connectivity index (χ0) is 13.0. The van der Waals surface area contributed by atoms with Crippen molar-refractivity contribution in [2.45, 2.75) is 26.8 Å². The summed E-state index contributed by atoms with van der Waals surface area (Å²) in [7, 11) is 0. The molecule has 0 radical (unpaired) electrons. The van der Waals surface area contributed by atoms with Crippen LogP contribution < -0.4 is 16.4 Å². The first-order valence-corrected chi connectivity index (χ1v) is 6.15. The topological polar surface area (TPSA) is 84.2 Å². The van der Waals surface area contributed by atoms with Crippen LogP contribution in [0.25, 0.3) is 0 Å². The quantitative estimate of drug-likeness (QED) is 0.747. The normalized spacial score (nSPS) is 10.4. The fraction of sp³-hybridized carbons (Fsp3) is 0.455. The van der Waals surface area contributed by atoms with Crippen molar-refractivity contribution in [3.05, 3.63) is 15.8 Å². The molecule has 94 valence electrons. The summed E-state index contributed by atoms with van der Waals surface area (Å²) in [5.74, 6) is -0.469. The third-order valence-corrected chi connectivity index (χ3v) is 3.10. The van der Waals surface area contributed by atoms with E-state index in [0.717, 1.165) is 4.88 Å². The number of hydrogen-bond acceptors (Lipinski definition) is 4. The van der Waals surface area contributed by atoms with Crippen LogP contribution in [-0.4, -0.2) is 24.4 Å². The third kappa shape index (κ3) is 4.07.